The minimum atomic E-state index is 0. The lowest BCUT2D eigenvalue weighted by atomic mass is 9.95. The quantitative estimate of drug-likeness (QED) is 0.565. The van der Waals surface area contributed by atoms with Crippen molar-refractivity contribution >= 4 is 0 Å². The number of halogens is 1. The van der Waals surface area contributed by atoms with Gasteiger partial charge in [0, 0.05) is 24.7 Å². The van der Waals surface area contributed by atoms with Crippen LogP contribution in [0.2, 0.25) is 0 Å². The molecule has 0 spiro atoms. The van der Waals surface area contributed by atoms with E-state index in [9.17, 15) is 5.11 Å². The topological polar surface area (TPSA) is 45.2 Å². The largest absolute Gasteiger partial charge is 0.394 e. The second-order valence-electron chi connectivity index (χ2n) is 6.52. The molecule has 3 rings (SSSR count). The maximum Gasteiger partial charge on any atom is 0.148 e. The molecule has 3 heterocycles. The van der Waals surface area contributed by atoms with Gasteiger partial charge < -0.3 is 14.6 Å². The van der Waals surface area contributed by atoms with E-state index in [1.165, 1.54) is 19.3 Å². The van der Waals surface area contributed by atoms with Gasteiger partial charge in [-0.2, -0.15) is 0 Å². The summed E-state index contributed by atoms with van der Waals surface area (Å²) in [7, 11) is 0. The van der Waals surface area contributed by atoms with Crippen molar-refractivity contribution in [1.82, 2.24) is 9.80 Å². The summed E-state index contributed by atoms with van der Waals surface area (Å²) in [4.78, 5) is 4.81. The number of aliphatic hydroxyl groups is 1. The number of hydrogen-bond acceptors (Lipinski definition) is 5. The summed E-state index contributed by atoms with van der Waals surface area (Å²) in [5.41, 5.74) is 0.0738. The first-order valence-corrected chi connectivity index (χ1v) is 8.09. The molecule has 3 fully saturated rings. The fraction of sp³-hybridized carbons (Fsp3) is 1.00. The number of ether oxygens (including phenoxy) is 2. The molecule has 0 aromatic carbocycles. The monoisotopic (exact) mass is 304 g/mol. The minimum absolute atomic E-state index is 0. The molecule has 0 aromatic heterocycles. The lowest BCUT2D eigenvalue weighted by Gasteiger charge is -2.33. The molecule has 3 aliphatic heterocycles. The van der Waals surface area contributed by atoms with Crippen LogP contribution in [-0.4, -0.2) is 72.9 Å². The van der Waals surface area contributed by atoms with Crippen molar-refractivity contribution in [3.63, 3.8) is 0 Å². The van der Waals surface area contributed by atoms with Gasteiger partial charge in [0.05, 0.1) is 13.2 Å². The summed E-state index contributed by atoms with van der Waals surface area (Å²) in [6.45, 7) is 5.58. The van der Waals surface area contributed by atoms with Crippen LogP contribution in [0.15, 0.2) is 0 Å². The Morgan fingerprint density at radius 1 is 1.05 bits per heavy atom. The van der Waals surface area contributed by atoms with Crippen LogP contribution in [0.3, 0.4) is 0 Å². The van der Waals surface area contributed by atoms with Crippen LogP contribution in [-0.2, 0) is 9.47 Å². The first-order valence-electron chi connectivity index (χ1n) is 8.09. The second-order valence-corrected chi connectivity index (χ2v) is 6.52. The van der Waals surface area contributed by atoms with E-state index in [1.54, 1.807) is 0 Å². The Bertz CT molecular complexity index is 315. The van der Waals surface area contributed by atoms with Gasteiger partial charge in [-0.25, -0.2) is 0 Å². The van der Waals surface area contributed by atoms with Gasteiger partial charge in [-0.05, 0) is 45.1 Å². The molecule has 6 heteroatoms. The van der Waals surface area contributed by atoms with Gasteiger partial charge >= 0.3 is 0 Å². The smallest absolute Gasteiger partial charge is 0.148 e. The predicted molar refractivity (Wildman–Crippen MR) is 78.9 cm³/mol. The zero-order chi connectivity index (χ0) is 13.8. The van der Waals surface area contributed by atoms with Gasteiger partial charge in [-0.1, -0.05) is 0 Å². The average molecular weight is 304 g/mol. The third-order valence-electron chi connectivity index (χ3n) is 5.28. The van der Waals surface area contributed by atoms with Crippen molar-refractivity contribution in [2.45, 2.75) is 50.1 Å². The third-order valence-corrected chi connectivity index (χ3v) is 5.28. The van der Waals surface area contributed by atoms with Crippen molar-refractivity contribution in [3.05, 3.63) is 0 Å². The maximum absolute atomic E-state index is 9.66. The Hall–Kier alpha value is -0.270. The highest BCUT2D eigenvalue weighted by atomic mass is 19.0. The molecular formula is C15H29FN2O3. The molecule has 0 radical (unpaired) electrons. The van der Waals surface area contributed by atoms with E-state index in [2.05, 4.69) is 9.80 Å². The van der Waals surface area contributed by atoms with Gasteiger partial charge in [0.2, 0.25) is 0 Å². The van der Waals surface area contributed by atoms with Crippen molar-refractivity contribution in [2.24, 2.45) is 0 Å². The zero-order valence-electron chi connectivity index (χ0n) is 12.8. The predicted octanol–water partition coefficient (Wildman–Crippen LogP) is 1.17. The van der Waals surface area contributed by atoms with E-state index in [4.69, 9.17) is 9.47 Å². The van der Waals surface area contributed by atoms with E-state index in [1.807, 2.05) is 0 Å². The Morgan fingerprint density at radius 3 is 2.62 bits per heavy atom. The number of likely N-dealkylation sites (tertiary alicyclic amines) is 1. The number of hydrogen-bond donors (Lipinski definition) is 1. The molecule has 2 atom stereocenters. The van der Waals surface area contributed by atoms with Crippen LogP contribution in [0.1, 0.15) is 38.5 Å². The van der Waals surface area contributed by atoms with E-state index in [-0.39, 0.29) is 10.2 Å². The highest BCUT2D eigenvalue weighted by molar-refractivity contribution is 5.04. The highest BCUT2D eigenvalue weighted by Gasteiger charge is 2.48. The van der Waals surface area contributed by atoms with E-state index >= 15 is 0 Å². The van der Waals surface area contributed by atoms with Gasteiger partial charge in [0.1, 0.15) is 13.5 Å². The Balaban J connectivity index is 0.00000161. The van der Waals surface area contributed by atoms with Crippen molar-refractivity contribution in [1.29, 1.82) is 0 Å². The third kappa shape index (κ3) is 3.74. The van der Waals surface area contributed by atoms with Crippen LogP contribution in [0.25, 0.3) is 0 Å². The summed E-state index contributed by atoms with van der Waals surface area (Å²) in [6, 6.07) is 0.472. The second kappa shape index (κ2) is 7.83. The molecule has 0 aliphatic carbocycles. The summed E-state index contributed by atoms with van der Waals surface area (Å²) < 4.78 is 11.3. The number of rotatable bonds is 7. The first-order chi connectivity index (χ1) is 9.84. The molecule has 5 nitrogen and oxygen atoms in total. The fourth-order valence-electron chi connectivity index (χ4n) is 4.13. The summed E-state index contributed by atoms with van der Waals surface area (Å²) in [5.74, 6) is 0. The SMILES string of the molecule is F.OC[C@]12CCCN1[C@@H](COCOCN1CCCC1)CC2. The molecule has 21 heavy (non-hydrogen) atoms. The molecule has 1 N–H and O–H groups in total. The van der Waals surface area contributed by atoms with Crippen LogP contribution in [0, 0.1) is 0 Å². The van der Waals surface area contributed by atoms with Crippen molar-refractivity contribution in [2.75, 3.05) is 46.4 Å². The highest BCUT2D eigenvalue weighted by Crippen LogP contribution is 2.41. The fourth-order valence-corrected chi connectivity index (χ4v) is 4.13. The molecule has 3 saturated heterocycles. The molecule has 3 aliphatic rings. The molecule has 0 unspecified atom stereocenters. The van der Waals surface area contributed by atoms with Crippen LogP contribution < -0.4 is 0 Å². The molecule has 0 bridgehead atoms. The standard InChI is InChI=1S/C15H28N2O3.FH/c18-11-15-5-3-9-17(15)14(4-6-15)10-19-13-20-12-16-7-1-2-8-16;/h14,18H,1-13H2;1H/t14-,15-;/m1./s1. The Morgan fingerprint density at radius 2 is 1.86 bits per heavy atom. The Kier molecular flexibility index (Phi) is 6.37. The van der Waals surface area contributed by atoms with Gasteiger partial charge in [0.15, 0.2) is 0 Å². The molecule has 0 saturated carbocycles. The number of fused-ring (bicyclic) bond motifs is 1. The lowest BCUT2D eigenvalue weighted by Crippen LogP contribution is -2.46. The van der Waals surface area contributed by atoms with Crippen LogP contribution >= 0.6 is 0 Å². The minimum Gasteiger partial charge on any atom is -0.394 e. The van der Waals surface area contributed by atoms with E-state index in [0.29, 0.717) is 26.2 Å². The summed E-state index contributed by atoms with van der Waals surface area (Å²) in [6.07, 6.45) is 7.21. The van der Waals surface area contributed by atoms with Crippen molar-refractivity contribution in [3.8, 4) is 0 Å². The zero-order valence-corrected chi connectivity index (χ0v) is 12.8. The number of nitrogens with zero attached hydrogens (tertiary/aromatic N) is 2. The van der Waals surface area contributed by atoms with Crippen LogP contribution in [0.5, 0.6) is 0 Å². The molecule has 0 amide bonds. The van der Waals surface area contributed by atoms with Gasteiger partial charge in [0.25, 0.3) is 0 Å². The van der Waals surface area contributed by atoms with E-state index in [0.717, 1.165) is 45.5 Å². The van der Waals surface area contributed by atoms with Gasteiger partial charge in [-0.15, -0.1) is 0 Å². The lowest BCUT2D eigenvalue weighted by molar-refractivity contribution is -0.0974. The van der Waals surface area contributed by atoms with E-state index < -0.39 is 0 Å². The van der Waals surface area contributed by atoms with Gasteiger partial charge in [-0.3, -0.25) is 14.5 Å². The molecular weight excluding hydrogens is 275 g/mol. The van der Waals surface area contributed by atoms with Crippen molar-refractivity contribution < 1.29 is 19.3 Å². The number of aliphatic hydroxyl groups excluding tert-OH is 1. The first kappa shape index (κ1) is 17.1. The Labute approximate surface area is 126 Å². The summed E-state index contributed by atoms with van der Waals surface area (Å²) >= 11 is 0. The molecule has 124 valence electrons. The normalized spacial score (nSPS) is 33.3. The average Bonchev–Trinajstić information content (AvgIpc) is 3.15. The van der Waals surface area contributed by atoms with Crippen LogP contribution in [0.4, 0.5) is 4.70 Å². The summed E-state index contributed by atoms with van der Waals surface area (Å²) in [5, 5.41) is 9.66. The molecule has 0 aromatic rings. The maximum atomic E-state index is 9.66.